The Labute approximate surface area is 159 Å². The van der Waals surface area contributed by atoms with Gasteiger partial charge in [-0.1, -0.05) is 12.1 Å². The highest BCUT2D eigenvalue weighted by molar-refractivity contribution is 5.85. The Morgan fingerprint density at radius 1 is 1.23 bits per heavy atom. The summed E-state index contributed by atoms with van der Waals surface area (Å²) in [6, 6.07) is 11.1. The lowest BCUT2D eigenvalue weighted by atomic mass is 9.97. The molecule has 2 heterocycles. The summed E-state index contributed by atoms with van der Waals surface area (Å²) >= 11 is 0. The highest BCUT2D eigenvalue weighted by Crippen LogP contribution is 2.26. The number of carbonyl (C=O) groups is 1. The van der Waals surface area contributed by atoms with Crippen LogP contribution in [-0.4, -0.2) is 31.1 Å². The highest BCUT2D eigenvalue weighted by atomic mass is 35.5. The van der Waals surface area contributed by atoms with Gasteiger partial charge in [0.25, 0.3) is 0 Å². The number of hydrogen-bond acceptors (Lipinski definition) is 5. The monoisotopic (exact) mass is 377 g/mol. The van der Waals surface area contributed by atoms with Crippen molar-refractivity contribution >= 4 is 18.3 Å². The molecule has 0 bridgehead atoms. The predicted octanol–water partition coefficient (Wildman–Crippen LogP) is 2.92. The van der Waals surface area contributed by atoms with Crippen molar-refractivity contribution in [2.75, 3.05) is 20.2 Å². The van der Waals surface area contributed by atoms with Crippen LogP contribution < -0.4 is 20.1 Å². The average Bonchev–Trinajstić information content (AvgIpc) is 2.68. The molecule has 1 aliphatic heterocycles. The number of methoxy groups -OCH3 is 1. The smallest absolute Gasteiger partial charge is 0.224 e. The van der Waals surface area contributed by atoms with Crippen molar-refractivity contribution < 1.29 is 14.3 Å². The molecular weight excluding hydrogens is 354 g/mol. The van der Waals surface area contributed by atoms with E-state index in [-0.39, 0.29) is 24.2 Å². The van der Waals surface area contributed by atoms with E-state index in [1.165, 1.54) is 0 Å². The zero-order valence-electron chi connectivity index (χ0n) is 14.7. The molecule has 0 unspecified atom stereocenters. The Bertz CT molecular complexity index is 721. The van der Waals surface area contributed by atoms with Crippen LogP contribution in [0.15, 0.2) is 42.6 Å². The van der Waals surface area contributed by atoms with E-state index in [9.17, 15) is 4.79 Å². The third-order valence-electron chi connectivity index (χ3n) is 4.27. The molecule has 2 aromatic rings. The fraction of sp³-hybridized carbons (Fsp3) is 0.368. The quantitative estimate of drug-likeness (QED) is 0.809. The molecule has 0 spiro atoms. The number of aromatic nitrogens is 1. The third-order valence-corrected chi connectivity index (χ3v) is 4.27. The van der Waals surface area contributed by atoms with Crippen LogP contribution >= 0.6 is 12.4 Å². The maximum absolute atomic E-state index is 12.3. The van der Waals surface area contributed by atoms with Crippen molar-refractivity contribution in [2.45, 2.75) is 19.4 Å². The first-order valence-corrected chi connectivity index (χ1v) is 8.50. The second kappa shape index (κ2) is 9.99. The number of amides is 1. The summed E-state index contributed by atoms with van der Waals surface area (Å²) in [5.74, 6) is 2.03. The molecule has 6 nitrogen and oxygen atoms in total. The maximum atomic E-state index is 12.3. The number of pyridine rings is 1. The second-order valence-electron chi connectivity index (χ2n) is 5.99. The maximum Gasteiger partial charge on any atom is 0.224 e. The van der Waals surface area contributed by atoms with Crippen molar-refractivity contribution in [3.63, 3.8) is 0 Å². The van der Waals surface area contributed by atoms with Crippen LogP contribution in [0.5, 0.6) is 17.4 Å². The fourth-order valence-corrected chi connectivity index (χ4v) is 2.84. The van der Waals surface area contributed by atoms with Crippen LogP contribution in [0.1, 0.15) is 18.4 Å². The Morgan fingerprint density at radius 2 is 2.00 bits per heavy atom. The summed E-state index contributed by atoms with van der Waals surface area (Å²) in [5.41, 5.74) is 0.840. The second-order valence-corrected chi connectivity index (χ2v) is 5.99. The van der Waals surface area contributed by atoms with Crippen LogP contribution in [-0.2, 0) is 11.3 Å². The van der Waals surface area contributed by atoms with Gasteiger partial charge in [0.05, 0.1) is 7.11 Å². The van der Waals surface area contributed by atoms with Gasteiger partial charge in [0, 0.05) is 30.3 Å². The summed E-state index contributed by atoms with van der Waals surface area (Å²) in [6.07, 6.45) is 3.44. The Morgan fingerprint density at radius 3 is 2.77 bits per heavy atom. The highest BCUT2D eigenvalue weighted by Gasteiger charge is 2.20. The third kappa shape index (κ3) is 5.34. The number of hydrogen-bond donors (Lipinski definition) is 2. The van der Waals surface area contributed by atoms with E-state index in [1.54, 1.807) is 19.4 Å². The van der Waals surface area contributed by atoms with Crippen LogP contribution in [0.2, 0.25) is 0 Å². The largest absolute Gasteiger partial charge is 0.497 e. The summed E-state index contributed by atoms with van der Waals surface area (Å²) < 4.78 is 11.1. The topological polar surface area (TPSA) is 72.5 Å². The van der Waals surface area contributed by atoms with E-state index >= 15 is 0 Å². The van der Waals surface area contributed by atoms with Crippen molar-refractivity contribution in [3.05, 3.63) is 48.2 Å². The van der Waals surface area contributed by atoms with E-state index in [1.807, 2.05) is 30.3 Å². The number of ether oxygens (including phenoxy) is 2. The molecule has 2 N–H and O–H groups in total. The zero-order chi connectivity index (χ0) is 17.5. The van der Waals surface area contributed by atoms with Crippen molar-refractivity contribution in [1.29, 1.82) is 0 Å². The lowest BCUT2D eigenvalue weighted by Gasteiger charge is -2.22. The van der Waals surface area contributed by atoms with E-state index in [0.717, 1.165) is 31.5 Å². The van der Waals surface area contributed by atoms with Crippen molar-refractivity contribution in [3.8, 4) is 17.4 Å². The molecule has 1 aromatic carbocycles. The van der Waals surface area contributed by atoms with Crippen molar-refractivity contribution in [1.82, 2.24) is 15.6 Å². The van der Waals surface area contributed by atoms with Crippen molar-refractivity contribution in [2.24, 2.45) is 5.92 Å². The van der Waals surface area contributed by atoms with E-state index in [4.69, 9.17) is 9.47 Å². The van der Waals surface area contributed by atoms with Gasteiger partial charge in [-0.25, -0.2) is 4.98 Å². The standard InChI is InChI=1S/C19H23N3O3.ClH/c1-24-16-5-2-6-17(12-16)25-19-15(4-3-9-21-19)13-22-18(23)14-7-10-20-11-8-14;/h2-6,9,12,14,20H,7-8,10-11,13H2,1H3,(H,22,23);1H. The van der Waals surface area contributed by atoms with Crippen LogP contribution in [0.25, 0.3) is 0 Å². The molecule has 1 fully saturated rings. The number of carbonyl (C=O) groups excluding carboxylic acids is 1. The molecule has 1 aromatic heterocycles. The molecule has 140 valence electrons. The van der Waals surface area contributed by atoms with Crippen LogP contribution in [0.4, 0.5) is 0 Å². The minimum Gasteiger partial charge on any atom is -0.497 e. The minimum absolute atomic E-state index is 0. The molecular formula is C19H24ClN3O3. The predicted molar refractivity (Wildman–Crippen MR) is 102 cm³/mol. The Balaban J connectivity index is 0.00000243. The Kier molecular flexibility index (Phi) is 7.69. The number of nitrogens with zero attached hydrogens (tertiary/aromatic N) is 1. The van der Waals surface area contributed by atoms with Gasteiger partial charge in [0.2, 0.25) is 11.8 Å². The molecule has 0 saturated carbocycles. The van der Waals surface area contributed by atoms with Gasteiger partial charge >= 0.3 is 0 Å². The first-order valence-electron chi connectivity index (χ1n) is 8.50. The van der Waals surface area contributed by atoms with Gasteiger partial charge in [-0.2, -0.15) is 0 Å². The number of rotatable bonds is 6. The molecule has 0 radical (unpaired) electrons. The van der Waals surface area contributed by atoms with E-state index in [2.05, 4.69) is 15.6 Å². The number of piperidine rings is 1. The van der Waals surface area contributed by atoms with Gasteiger partial charge < -0.3 is 20.1 Å². The zero-order valence-corrected chi connectivity index (χ0v) is 15.6. The average molecular weight is 378 g/mol. The van der Waals surface area contributed by atoms with Gasteiger partial charge in [0.15, 0.2) is 0 Å². The van der Waals surface area contributed by atoms with Gasteiger partial charge in [-0.3, -0.25) is 4.79 Å². The first kappa shape index (κ1) is 20.0. The van der Waals surface area contributed by atoms with Gasteiger partial charge in [0.1, 0.15) is 11.5 Å². The molecule has 0 aliphatic carbocycles. The summed E-state index contributed by atoms with van der Waals surface area (Å²) in [7, 11) is 1.61. The Hall–Kier alpha value is -2.31. The number of nitrogens with one attached hydrogen (secondary N) is 2. The normalized spacial score (nSPS) is 14.2. The summed E-state index contributed by atoms with van der Waals surface area (Å²) in [4.78, 5) is 16.6. The minimum atomic E-state index is 0. The lowest BCUT2D eigenvalue weighted by Crippen LogP contribution is -2.37. The molecule has 7 heteroatoms. The summed E-state index contributed by atoms with van der Waals surface area (Å²) in [5, 5.41) is 6.27. The van der Waals surface area contributed by atoms with Crippen LogP contribution in [0, 0.1) is 5.92 Å². The number of benzene rings is 1. The first-order chi connectivity index (χ1) is 12.3. The SMILES string of the molecule is COc1cccc(Oc2ncccc2CNC(=O)C2CCNCC2)c1.Cl. The molecule has 26 heavy (non-hydrogen) atoms. The molecule has 1 saturated heterocycles. The van der Waals surface area contributed by atoms with Gasteiger partial charge in [-0.05, 0) is 44.1 Å². The molecule has 0 atom stereocenters. The van der Waals surface area contributed by atoms with E-state index in [0.29, 0.717) is 23.9 Å². The molecule has 3 rings (SSSR count). The molecule has 1 aliphatic rings. The van der Waals surface area contributed by atoms with E-state index < -0.39 is 0 Å². The van der Waals surface area contributed by atoms with Gasteiger partial charge in [-0.15, -0.1) is 12.4 Å². The van der Waals surface area contributed by atoms with Crippen LogP contribution in [0.3, 0.4) is 0 Å². The lowest BCUT2D eigenvalue weighted by molar-refractivity contribution is -0.125. The summed E-state index contributed by atoms with van der Waals surface area (Å²) in [6.45, 7) is 2.19. The fourth-order valence-electron chi connectivity index (χ4n) is 2.84. The molecule has 1 amide bonds. The number of halogens is 1.